The molecule has 0 amide bonds. The summed E-state index contributed by atoms with van der Waals surface area (Å²) in [5, 5.41) is 20.6. The Bertz CT molecular complexity index is 1640. The minimum absolute atomic E-state index is 0.0544. The van der Waals surface area contributed by atoms with E-state index in [4.69, 9.17) is 5.26 Å². The Morgan fingerprint density at radius 2 is 1.79 bits per heavy atom. The summed E-state index contributed by atoms with van der Waals surface area (Å²) in [6.45, 7) is 3.91. The average molecular weight is 447 g/mol. The fraction of sp³-hybridized carbons (Fsp3) is 0.111. The Morgan fingerprint density at radius 1 is 1.00 bits per heavy atom. The highest BCUT2D eigenvalue weighted by atomic mass is 16.1. The van der Waals surface area contributed by atoms with Gasteiger partial charge in [0.2, 0.25) is 0 Å². The number of nitrogens with one attached hydrogen (secondary N) is 2. The van der Waals surface area contributed by atoms with Gasteiger partial charge in [0, 0.05) is 41.6 Å². The van der Waals surface area contributed by atoms with E-state index < -0.39 is 0 Å². The maximum atomic E-state index is 13.2. The third kappa shape index (κ3) is 3.82. The number of anilines is 2. The Kier molecular flexibility index (Phi) is 5.19. The molecule has 34 heavy (non-hydrogen) atoms. The van der Waals surface area contributed by atoms with Crippen molar-refractivity contribution in [1.29, 1.82) is 5.26 Å². The number of pyridine rings is 2. The summed E-state index contributed by atoms with van der Waals surface area (Å²) in [4.78, 5) is 17.6. The van der Waals surface area contributed by atoms with Gasteiger partial charge in [0.1, 0.15) is 0 Å². The second kappa shape index (κ2) is 8.34. The van der Waals surface area contributed by atoms with Gasteiger partial charge in [-0.3, -0.25) is 14.9 Å². The number of aromatic amines is 1. The van der Waals surface area contributed by atoms with E-state index in [0.29, 0.717) is 16.9 Å². The lowest BCUT2D eigenvalue weighted by Gasteiger charge is -2.13. The van der Waals surface area contributed by atoms with Crippen molar-refractivity contribution in [3.63, 3.8) is 0 Å². The highest BCUT2D eigenvalue weighted by Gasteiger charge is 2.13. The van der Waals surface area contributed by atoms with Gasteiger partial charge in [-0.15, -0.1) is 0 Å². The summed E-state index contributed by atoms with van der Waals surface area (Å²) in [6.07, 6.45) is 1.81. The highest BCUT2D eigenvalue weighted by Crippen LogP contribution is 2.29. The summed E-state index contributed by atoms with van der Waals surface area (Å²) in [7, 11) is 1.79. The van der Waals surface area contributed by atoms with Crippen LogP contribution in [0.15, 0.2) is 71.7 Å². The molecule has 5 aromatic rings. The molecule has 0 unspecified atom stereocenters. The van der Waals surface area contributed by atoms with Crippen LogP contribution in [0, 0.1) is 25.2 Å². The molecule has 3 heterocycles. The van der Waals surface area contributed by atoms with Gasteiger partial charge in [-0.25, -0.2) is 0 Å². The number of rotatable bonds is 4. The lowest BCUT2D eigenvalue weighted by molar-refractivity contribution is 0.905. The first-order valence-electron chi connectivity index (χ1n) is 10.8. The van der Waals surface area contributed by atoms with E-state index in [1.165, 1.54) is 0 Å². The third-order valence-electron chi connectivity index (χ3n) is 5.95. The average Bonchev–Trinajstić information content (AvgIpc) is 3.31. The van der Waals surface area contributed by atoms with Gasteiger partial charge in [-0.2, -0.15) is 10.4 Å². The van der Waals surface area contributed by atoms with Crippen LogP contribution in [-0.2, 0) is 7.05 Å². The molecule has 2 N–H and O–H groups in total. The Hall–Kier alpha value is -4.70. The van der Waals surface area contributed by atoms with Gasteiger partial charge in [0.25, 0.3) is 5.56 Å². The number of hydrogen-bond acceptors (Lipinski definition) is 5. The lowest BCUT2D eigenvalue weighted by Crippen LogP contribution is -2.19. The third-order valence-corrected chi connectivity index (χ3v) is 5.95. The molecule has 0 bridgehead atoms. The number of nitriles is 1. The Balaban J connectivity index is 1.49. The van der Waals surface area contributed by atoms with E-state index in [2.05, 4.69) is 26.6 Å². The van der Waals surface area contributed by atoms with E-state index >= 15 is 0 Å². The molecule has 0 fully saturated rings. The number of aromatic nitrogens is 4. The van der Waals surface area contributed by atoms with Crippen molar-refractivity contribution in [1.82, 2.24) is 19.7 Å². The van der Waals surface area contributed by atoms with Gasteiger partial charge in [-0.05, 0) is 66.9 Å². The van der Waals surface area contributed by atoms with E-state index in [1.807, 2.05) is 62.4 Å². The first-order valence-corrected chi connectivity index (χ1v) is 10.8. The van der Waals surface area contributed by atoms with Crippen LogP contribution in [0.2, 0.25) is 0 Å². The van der Waals surface area contributed by atoms with Crippen LogP contribution in [0.1, 0.15) is 16.8 Å². The molecule has 5 rings (SSSR count). The van der Waals surface area contributed by atoms with Crippen molar-refractivity contribution >= 4 is 22.4 Å². The first-order chi connectivity index (χ1) is 16.4. The van der Waals surface area contributed by atoms with E-state index in [-0.39, 0.29) is 5.56 Å². The van der Waals surface area contributed by atoms with E-state index in [0.717, 1.165) is 44.7 Å². The van der Waals surface area contributed by atoms with Crippen LogP contribution < -0.4 is 10.9 Å². The number of aryl methyl sites for hydroxylation is 3. The lowest BCUT2D eigenvalue weighted by atomic mass is 9.99. The van der Waals surface area contributed by atoms with Crippen LogP contribution in [0.4, 0.5) is 11.5 Å². The second-order valence-corrected chi connectivity index (χ2v) is 8.32. The standard InChI is InChI=1S/C27H22N6O/c1-16-4-9-21(30-26-13-24(31-32-26)19-7-5-18(14-28)6-8-19)12-22(16)23-11-20-15-29-17(2)10-25(20)33(3)27(23)34/h4-13,15H,1-3H3,(H2,30,31,32). The molecule has 0 atom stereocenters. The molecule has 0 radical (unpaired) electrons. The largest absolute Gasteiger partial charge is 0.339 e. The molecule has 0 saturated heterocycles. The van der Waals surface area contributed by atoms with Crippen molar-refractivity contribution in [2.24, 2.45) is 7.05 Å². The zero-order valence-corrected chi connectivity index (χ0v) is 19.0. The number of benzene rings is 2. The fourth-order valence-corrected chi connectivity index (χ4v) is 4.05. The predicted molar refractivity (Wildman–Crippen MR) is 134 cm³/mol. The summed E-state index contributed by atoms with van der Waals surface area (Å²) in [6, 6.07) is 21.1. The second-order valence-electron chi connectivity index (χ2n) is 8.32. The van der Waals surface area contributed by atoms with Crippen LogP contribution in [0.25, 0.3) is 33.3 Å². The van der Waals surface area contributed by atoms with Crippen LogP contribution in [0.3, 0.4) is 0 Å². The summed E-state index contributed by atoms with van der Waals surface area (Å²) < 4.78 is 1.68. The molecule has 166 valence electrons. The number of fused-ring (bicyclic) bond motifs is 1. The van der Waals surface area contributed by atoms with Gasteiger partial charge in [-0.1, -0.05) is 18.2 Å². The Labute approximate surface area is 196 Å². The van der Waals surface area contributed by atoms with Gasteiger partial charge in [0.15, 0.2) is 5.82 Å². The highest BCUT2D eigenvalue weighted by molar-refractivity contribution is 5.85. The van der Waals surface area contributed by atoms with Crippen LogP contribution in [-0.4, -0.2) is 19.7 Å². The van der Waals surface area contributed by atoms with Gasteiger partial charge >= 0.3 is 0 Å². The van der Waals surface area contributed by atoms with E-state index in [1.54, 1.807) is 29.9 Å². The SMILES string of the molecule is Cc1cc2c(cn1)cc(-c1cc(Nc3cc(-c4ccc(C#N)cc4)[nH]n3)ccc1C)c(=O)n2C. The zero-order chi connectivity index (χ0) is 23.8. The number of nitrogens with zero attached hydrogens (tertiary/aromatic N) is 4. The molecule has 7 heteroatoms. The monoisotopic (exact) mass is 446 g/mol. The van der Waals surface area contributed by atoms with E-state index in [9.17, 15) is 4.79 Å². The van der Waals surface area contributed by atoms with Crippen molar-refractivity contribution in [2.45, 2.75) is 13.8 Å². The molecule has 7 nitrogen and oxygen atoms in total. The summed E-state index contributed by atoms with van der Waals surface area (Å²) >= 11 is 0. The van der Waals surface area contributed by atoms with Crippen molar-refractivity contribution in [3.8, 4) is 28.5 Å². The summed E-state index contributed by atoms with van der Waals surface area (Å²) in [5.41, 5.74) is 7.37. The van der Waals surface area contributed by atoms with Crippen molar-refractivity contribution < 1.29 is 0 Å². The molecule has 3 aromatic heterocycles. The molecule has 0 aliphatic rings. The molecule has 0 spiro atoms. The maximum absolute atomic E-state index is 13.2. The minimum atomic E-state index is -0.0544. The van der Waals surface area contributed by atoms with Crippen LogP contribution >= 0.6 is 0 Å². The molecular weight excluding hydrogens is 424 g/mol. The van der Waals surface area contributed by atoms with Crippen molar-refractivity contribution in [3.05, 3.63) is 94.0 Å². The normalized spacial score (nSPS) is 10.9. The number of hydrogen-bond donors (Lipinski definition) is 2. The predicted octanol–water partition coefficient (Wildman–Crippen LogP) is 5.22. The summed E-state index contributed by atoms with van der Waals surface area (Å²) in [5.74, 6) is 0.653. The topological polar surface area (TPSA) is 99.4 Å². The first kappa shape index (κ1) is 21.2. The maximum Gasteiger partial charge on any atom is 0.258 e. The molecular formula is C27H22N6O. The molecule has 2 aromatic carbocycles. The molecule has 0 saturated carbocycles. The molecule has 0 aliphatic heterocycles. The van der Waals surface area contributed by atoms with Gasteiger partial charge in [0.05, 0.1) is 22.8 Å². The smallest absolute Gasteiger partial charge is 0.258 e. The van der Waals surface area contributed by atoms with Crippen LogP contribution in [0.5, 0.6) is 0 Å². The number of H-pyrrole nitrogens is 1. The zero-order valence-electron chi connectivity index (χ0n) is 19.0. The Morgan fingerprint density at radius 3 is 2.56 bits per heavy atom. The fourth-order valence-electron chi connectivity index (χ4n) is 4.05. The van der Waals surface area contributed by atoms with Crippen molar-refractivity contribution in [2.75, 3.05) is 5.32 Å². The minimum Gasteiger partial charge on any atom is -0.339 e. The molecule has 0 aliphatic carbocycles. The van der Waals surface area contributed by atoms with Gasteiger partial charge < -0.3 is 9.88 Å². The quantitative estimate of drug-likeness (QED) is 0.394.